The molecule has 3 heteroatoms. The van der Waals surface area contributed by atoms with Crippen LogP contribution in [0.1, 0.15) is 79.6 Å². The highest BCUT2D eigenvalue weighted by Crippen LogP contribution is 2.64. The molecule has 0 aliphatic heterocycles. The Bertz CT molecular complexity index is 321. The maximum Gasteiger partial charge on any atom is 0.0105 e. The van der Waals surface area contributed by atoms with Crippen molar-refractivity contribution in [2.24, 2.45) is 28.2 Å². The van der Waals surface area contributed by atoms with Crippen molar-refractivity contribution in [3.8, 4) is 0 Å². The molecule has 2 fully saturated rings. The molecule has 2 unspecified atom stereocenters. The van der Waals surface area contributed by atoms with E-state index >= 15 is 0 Å². The van der Waals surface area contributed by atoms with E-state index < -0.39 is 0 Å². The third-order valence-electron chi connectivity index (χ3n) is 6.96. The van der Waals surface area contributed by atoms with Gasteiger partial charge in [-0.05, 0) is 61.9 Å². The van der Waals surface area contributed by atoms with Crippen LogP contribution in [0.5, 0.6) is 0 Å². The predicted molar refractivity (Wildman–Crippen MR) is 103 cm³/mol. The summed E-state index contributed by atoms with van der Waals surface area (Å²) in [6, 6.07) is 0.469. The van der Waals surface area contributed by atoms with E-state index in [1.807, 2.05) is 0 Å². The molecule has 2 rings (SSSR count). The lowest BCUT2D eigenvalue weighted by atomic mass is 9.69. The molecule has 0 spiro atoms. The third-order valence-corrected chi connectivity index (χ3v) is 6.96. The molecule has 23 heavy (non-hydrogen) atoms. The molecule has 138 valence electrons. The fraction of sp³-hybridized carbons (Fsp3) is 1.00. The summed E-state index contributed by atoms with van der Waals surface area (Å²) < 4.78 is 0. The number of nitrogens with zero attached hydrogens (tertiary/aromatic N) is 1. The van der Waals surface area contributed by atoms with E-state index in [0.717, 1.165) is 19.0 Å². The molecule has 0 amide bonds. The quantitative estimate of drug-likeness (QED) is 0.709. The summed E-state index contributed by atoms with van der Waals surface area (Å²) in [5, 5.41) is 0. The summed E-state index contributed by atoms with van der Waals surface area (Å²) >= 11 is 0. The van der Waals surface area contributed by atoms with Crippen LogP contribution in [0.2, 0.25) is 0 Å². The summed E-state index contributed by atoms with van der Waals surface area (Å²) in [6.07, 6.45) is 9.22. The Hall–Kier alpha value is -0.120. The first kappa shape index (κ1) is 20.9. The fourth-order valence-electron chi connectivity index (χ4n) is 4.55. The number of hydrogen-bond donors (Lipinski definition) is 2. The zero-order valence-electron chi connectivity index (χ0n) is 16.5. The Morgan fingerprint density at radius 2 is 1.57 bits per heavy atom. The van der Waals surface area contributed by atoms with Crippen LogP contribution in [0.15, 0.2) is 0 Å². The Morgan fingerprint density at radius 3 is 1.83 bits per heavy atom. The average Bonchev–Trinajstić information content (AvgIpc) is 2.84. The Morgan fingerprint density at radius 1 is 1.00 bits per heavy atom. The summed E-state index contributed by atoms with van der Waals surface area (Å²) in [4.78, 5) is 2.48. The summed E-state index contributed by atoms with van der Waals surface area (Å²) in [5.74, 6) is 0.905. The molecule has 0 radical (unpaired) electrons. The van der Waals surface area contributed by atoms with E-state index in [1.54, 1.807) is 0 Å². The van der Waals surface area contributed by atoms with Crippen molar-refractivity contribution in [2.45, 2.75) is 85.6 Å². The molecule has 0 aromatic carbocycles. The van der Waals surface area contributed by atoms with E-state index in [2.05, 4.69) is 39.5 Å². The van der Waals surface area contributed by atoms with Gasteiger partial charge in [0.25, 0.3) is 0 Å². The minimum Gasteiger partial charge on any atom is -0.329 e. The van der Waals surface area contributed by atoms with Crippen LogP contribution in [0.4, 0.5) is 0 Å². The second-order valence-corrected chi connectivity index (χ2v) is 8.55. The van der Waals surface area contributed by atoms with Crippen LogP contribution in [-0.2, 0) is 0 Å². The van der Waals surface area contributed by atoms with Gasteiger partial charge < -0.3 is 16.4 Å². The predicted octanol–water partition coefficient (Wildman–Crippen LogP) is 4.01. The molecule has 0 heterocycles. The molecule has 3 atom stereocenters. The summed E-state index contributed by atoms with van der Waals surface area (Å²) in [7, 11) is 0. The van der Waals surface area contributed by atoms with Gasteiger partial charge in [-0.1, -0.05) is 47.5 Å². The Kier molecular flexibility index (Phi) is 8.54. The standard InChI is InChI=1S/C10H24N2.C10H19N/c1-3-5-8-12(10-7-11)9-6-4-2;1-9(2)7-4-5-10(9,3)8(11)6-7/h3-11H2,1-2H3;7-8H,4-6,11H2,1-3H3/t;7?,8-,10?/m.1/s1. The molecule has 0 saturated heterocycles. The number of fused-ring (bicyclic) bond motifs is 2. The summed E-state index contributed by atoms with van der Waals surface area (Å²) in [6.45, 7) is 16.0. The average molecular weight is 326 g/mol. The first-order valence-corrected chi connectivity index (χ1v) is 10.0. The zero-order valence-corrected chi connectivity index (χ0v) is 16.5. The van der Waals surface area contributed by atoms with Gasteiger partial charge in [-0.15, -0.1) is 0 Å². The van der Waals surface area contributed by atoms with Gasteiger partial charge >= 0.3 is 0 Å². The van der Waals surface area contributed by atoms with Crippen LogP contribution < -0.4 is 11.5 Å². The van der Waals surface area contributed by atoms with Crippen molar-refractivity contribution in [3.05, 3.63) is 0 Å². The first-order valence-electron chi connectivity index (χ1n) is 10.0. The molecule has 3 nitrogen and oxygen atoms in total. The van der Waals surface area contributed by atoms with Gasteiger partial charge in [0.2, 0.25) is 0 Å². The molecular weight excluding hydrogens is 282 g/mol. The lowest BCUT2D eigenvalue weighted by Crippen LogP contribution is -2.40. The maximum atomic E-state index is 6.13. The monoisotopic (exact) mass is 325 g/mol. The van der Waals surface area contributed by atoms with Gasteiger partial charge in [-0.25, -0.2) is 0 Å². The number of unbranched alkanes of at least 4 members (excludes halogenated alkanes) is 2. The van der Waals surface area contributed by atoms with Gasteiger partial charge in [0.05, 0.1) is 0 Å². The highest BCUT2D eigenvalue weighted by Gasteiger charge is 2.59. The highest BCUT2D eigenvalue weighted by atomic mass is 15.1. The van der Waals surface area contributed by atoms with E-state index in [0.29, 0.717) is 16.9 Å². The number of nitrogens with two attached hydrogens (primary N) is 2. The lowest BCUT2D eigenvalue weighted by molar-refractivity contribution is 0.136. The SMILES string of the molecule is CC1(C)C2CCC1(C)[C@H](N)C2.CCCCN(CCN)CCCC. The maximum absolute atomic E-state index is 6.13. The van der Waals surface area contributed by atoms with Crippen molar-refractivity contribution < 1.29 is 0 Å². The van der Waals surface area contributed by atoms with Crippen molar-refractivity contribution >= 4 is 0 Å². The van der Waals surface area contributed by atoms with Crippen molar-refractivity contribution in [1.82, 2.24) is 4.90 Å². The van der Waals surface area contributed by atoms with Gasteiger partial charge in [0.1, 0.15) is 0 Å². The van der Waals surface area contributed by atoms with E-state index in [9.17, 15) is 0 Å². The van der Waals surface area contributed by atoms with E-state index in [4.69, 9.17) is 11.5 Å². The number of rotatable bonds is 8. The molecule has 2 bridgehead atoms. The minimum atomic E-state index is 0.442. The molecule has 2 aliphatic rings. The van der Waals surface area contributed by atoms with Crippen molar-refractivity contribution in [2.75, 3.05) is 26.2 Å². The fourth-order valence-corrected chi connectivity index (χ4v) is 4.55. The van der Waals surface area contributed by atoms with Crippen LogP contribution in [-0.4, -0.2) is 37.1 Å². The van der Waals surface area contributed by atoms with E-state index in [1.165, 1.54) is 58.0 Å². The normalized spacial score (nSPS) is 31.3. The second kappa shape index (κ2) is 9.39. The van der Waals surface area contributed by atoms with Crippen LogP contribution >= 0.6 is 0 Å². The highest BCUT2D eigenvalue weighted by molar-refractivity contribution is 5.11. The third kappa shape index (κ3) is 4.93. The van der Waals surface area contributed by atoms with Gasteiger partial charge in [0, 0.05) is 19.1 Å². The Balaban J connectivity index is 0.000000230. The molecule has 2 saturated carbocycles. The molecular formula is C20H43N3. The van der Waals surface area contributed by atoms with Crippen LogP contribution in [0.3, 0.4) is 0 Å². The minimum absolute atomic E-state index is 0.442. The first-order chi connectivity index (χ1) is 10.8. The van der Waals surface area contributed by atoms with Crippen molar-refractivity contribution in [3.63, 3.8) is 0 Å². The topological polar surface area (TPSA) is 55.3 Å². The lowest BCUT2D eigenvalue weighted by Gasteiger charge is -2.37. The largest absolute Gasteiger partial charge is 0.329 e. The smallest absolute Gasteiger partial charge is 0.0105 e. The van der Waals surface area contributed by atoms with Crippen LogP contribution in [0, 0.1) is 16.7 Å². The Labute approximate surface area is 145 Å². The molecule has 0 aromatic rings. The second-order valence-electron chi connectivity index (χ2n) is 8.55. The van der Waals surface area contributed by atoms with Gasteiger partial charge in [0.15, 0.2) is 0 Å². The zero-order chi connectivity index (χ0) is 17.5. The van der Waals surface area contributed by atoms with Crippen molar-refractivity contribution in [1.29, 1.82) is 0 Å². The molecule has 2 aliphatic carbocycles. The number of hydrogen-bond acceptors (Lipinski definition) is 3. The van der Waals surface area contributed by atoms with Gasteiger partial charge in [-0.2, -0.15) is 0 Å². The molecule has 4 N–H and O–H groups in total. The summed E-state index contributed by atoms with van der Waals surface area (Å²) in [5.41, 5.74) is 12.6. The van der Waals surface area contributed by atoms with E-state index in [-0.39, 0.29) is 0 Å². The van der Waals surface area contributed by atoms with Gasteiger partial charge in [-0.3, -0.25) is 0 Å². The van der Waals surface area contributed by atoms with Crippen LogP contribution in [0.25, 0.3) is 0 Å². The molecule has 0 aromatic heterocycles.